The van der Waals surface area contributed by atoms with Gasteiger partial charge in [0.15, 0.2) is 0 Å². The van der Waals surface area contributed by atoms with Crippen LogP contribution < -0.4 is 20.1 Å². The Morgan fingerprint density at radius 1 is 1.27 bits per heavy atom. The van der Waals surface area contributed by atoms with Crippen LogP contribution in [-0.4, -0.2) is 29.7 Å². The molecule has 0 radical (unpaired) electrons. The number of nitrogens with zero attached hydrogens (tertiary/aromatic N) is 2. The van der Waals surface area contributed by atoms with Gasteiger partial charge in [0.25, 0.3) is 0 Å². The van der Waals surface area contributed by atoms with Crippen molar-refractivity contribution in [2.24, 2.45) is 0 Å². The molecule has 0 aliphatic carbocycles. The second-order valence-electron chi connectivity index (χ2n) is 4.11. The molecular weight excluding hydrogens is 308 g/mol. The monoisotopic (exact) mass is 322 g/mol. The number of carbonyl (C=O) groups excluding carboxylic acids is 1. The minimum absolute atomic E-state index is 0.255. The third-order valence-electron chi connectivity index (χ3n) is 2.57. The molecule has 0 saturated heterocycles. The summed E-state index contributed by atoms with van der Waals surface area (Å²) in [6.07, 6.45) is 2.90. The van der Waals surface area contributed by atoms with E-state index in [2.05, 4.69) is 20.6 Å². The van der Waals surface area contributed by atoms with E-state index in [-0.39, 0.29) is 6.01 Å². The number of hydrogen-bond acceptors (Lipinski definition) is 5. The summed E-state index contributed by atoms with van der Waals surface area (Å²) in [4.78, 5) is 19.9. The van der Waals surface area contributed by atoms with Crippen LogP contribution >= 0.6 is 11.6 Å². The molecule has 22 heavy (non-hydrogen) atoms. The van der Waals surface area contributed by atoms with Crippen molar-refractivity contribution in [3.63, 3.8) is 0 Å². The normalized spacial score (nSPS) is 9.95. The van der Waals surface area contributed by atoms with Gasteiger partial charge in [-0.2, -0.15) is 0 Å². The maximum atomic E-state index is 12.0. The van der Waals surface area contributed by atoms with Gasteiger partial charge in [-0.15, -0.1) is 0 Å². The lowest BCUT2D eigenvalue weighted by atomic mass is 10.3. The fraction of sp³-hybridized carbons (Fsp3) is 0.214. The van der Waals surface area contributed by atoms with E-state index in [1.54, 1.807) is 18.2 Å². The predicted molar refractivity (Wildman–Crippen MR) is 83.8 cm³/mol. The van der Waals surface area contributed by atoms with Crippen molar-refractivity contribution in [3.05, 3.63) is 35.6 Å². The smallest absolute Gasteiger partial charge is 0.323 e. The van der Waals surface area contributed by atoms with E-state index in [0.29, 0.717) is 28.8 Å². The van der Waals surface area contributed by atoms with Crippen LogP contribution in [0.5, 0.6) is 11.8 Å². The maximum absolute atomic E-state index is 12.0. The Labute approximate surface area is 132 Å². The number of halogens is 1. The molecule has 0 spiro atoms. The minimum Gasteiger partial charge on any atom is -0.495 e. The molecule has 1 heterocycles. The number of nitrogens with one attached hydrogen (secondary N) is 2. The van der Waals surface area contributed by atoms with Gasteiger partial charge in [0.05, 0.1) is 37.5 Å². The average Bonchev–Trinajstić information content (AvgIpc) is 2.50. The molecule has 1 aromatic carbocycles. The van der Waals surface area contributed by atoms with Gasteiger partial charge in [-0.25, -0.2) is 14.8 Å². The first-order valence-electron chi connectivity index (χ1n) is 6.48. The number of methoxy groups -OCH3 is 1. The summed E-state index contributed by atoms with van der Waals surface area (Å²) >= 11 is 5.90. The Morgan fingerprint density at radius 3 is 2.64 bits per heavy atom. The van der Waals surface area contributed by atoms with Crippen molar-refractivity contribution in [1.29, 1.82) is 0 Å². The van der Waals surface area contributed by atoms with Crippen molar-refractivity contribution in [2.45, 2.75) is 6.92 Å². The number of anilines is 2. The first-order valence-corrected chi connectivity index (χ1v) is 6.86. The molecule has 0 fully saturated rings. The van der Waals surface area contributed by atoms with Gasteiger partial charge in [-0.3, -0.25) is 0 Å². The van der Waals surface area contributed by atoms with Crippen LogP contribution in [0.3, 0.4) is 0 Å². The molecule has 7 nitrogen and oxygen atoms in total. The van der Waals surface area contributed by atoms with Gasteiger partial charge in [0.2, 0.25) is 0 Å². The molecule has 0 atom stereocenters. The van der Waals surface area contributed by atoms with E-state index in [0.717, 1.165) is 0 Å². The molecule has 8 heteroatoms. The summed E-state index contributed by atoms with van der Waals surface area (Å²) in [5.41, 5.74) is 0.890. The SMILES string of the molecule is CCOc1ncc(NC(=O)Nc2cc(Cl)ccc2OC)cn1. The van der Waals surface area contributed by atoms with Gasteiger partial charge < -0.3 is 20.1 Å². The molecule has 2 aromatic rings. The second kappa shape index (κ2) is 7.46. The van der Waals surface area contributed by atoms with Crippen molar-refractivity contribution < 1.29 is 14.3 Å². The van der Waals surface area contributed by atoms with Gasteiger partial charge in [0.1, 0.15) is 5.75 Å². The molecule has 0 aliphatic heterocycles. The average molecular weight is 323 g/mol. The lowest BCUT2D eigenvalue weighted by Gasteiger charge is -2.11. The summed E-state index contributed by atoms with van der Waals surface area (Å²) in [5.74, 6) is 0.502. The van der Waals surface area contributed by atoms with Crippen molar-refractivity contribution >= 4 is 29.0 Å². The highest BCUT2D eigenvalue weighted by Crippen LogP contribution is 2.27. The largest absolute Gasteiger partial charge is 0.495 e. The lowest BCUT2D eigenvalue weighted by molar-refractivity contribution is 0.262. The maximum Gasteiger partial charge on any atom is 0.323 e. The van der Waals surface area contributed by atoms with Gasteiger partial charge in [-0.05, 0) is 25.1 Å². The third kappa shape index (κ3) is 4.23. The topological polar surface area (TPSA) is 85.4 Å². The zero-order valence-corrected chi connectivity index (χ0v) is 12.8. The first kappa shape index (κ1) is 15.8. The van der Waals surface area contributed by atoms with Crippen LogP contribution in [0.2, 0.25) is 5.02 Å². The molecule has 1 aromatic heterocycles. The van der Waals surface area contributed by atoms with E-state index in [1.807, 2.05) is 6.92 Å². The molecule has 0 unspecified atom stereocenters. The number of amides is 2. The van der Waals surface area contributed by atoms with Crippen molar-refractivity contribution in [1.82, 2.24) is 9.97 Å². The highest BCUT2D eigenvalue weighted by Gasteiger charge is 2.09. The Morgan fingerprint density at radius 2 is 2.00 bits per heavy atom. The van der Waals surface area contributed by atoms with Gasteiger partial charge in [-0.1, -0.05) is 11.6 Å². The summed E-state index contributed by atoms with van der Waals surface area (Å²) in [6, 6.07) is 4.72. The van der Waals surface area contributed by atoms with Gasteiger partial charge >= 0.3 is 12.0 Å². The van der Waals surface area contributed by atoms with E-state index in [1.165, 1.54) is 19.5 Å². The number of benzene rings is 1. The zero-order valence-electron chi connectivity index (χ0n) is 12.1. The third-order valence-corrected chi connectivity index (χ3v) is 2.80. The fourth-order valence-electron chi connectivity index (χ4n) is 1.65. The number of hydrogen-bond donors (Lipinski definition) is 2. The highest BCUT2D eigenvalue weighted by atomic mass is 35.5. The van der Waals surface area contributed by atoms with E-state index >= 15 is 0 Å². The standard InChI is InChI=1S/C14H15ClN4O3/c1-3-22-14-16-7-10(8-17-14)18-13(20)19-11-6-9(15)4-5-12(11)21-2/h4-8H,3H2,1-2H3,(H2,18,19,20). The lowest BCUT2D eigenvalue weighted by Crippen LogP contribution is -2.20. The Balaban J connectivity index is 2.02. The van der Waals surface area contributed by atoms with Crippen molar-refractivity contribution in [2.75, 3.05) is 24.4 Å². The number of aromatic nitrogens is 2. The highest BCUT2D eigenvalue weighted by molar-refractivity contribution is 6.31. The molecule has 2 amide bonds. The summed E-state index contributed by atoms with van der Waals surface area (Å²) in [7, 11) is 1.51. The van der Waals surface area contributed by atoms with Crippen LogP contribution in [0.1, 0.15) is 6.92 Å². The summed E-state index contributed by atoms with van der Waals surface area (Å²) in [5, 5.41) is 5.73. The van der Waals surface area contributed by atoms with Crippen LogP contribution in [0.25, 0.3) is 0 Å². The Kier molecular flexibility index (Phi) is 5.37. The summed E-state index contributed by atoms with van der Waals surface area (Å²) < 4.78 is 10.3. The molecule has 0 saturated carbocycles. The van der Waals surface area contributed by atoms with Crippen LogP contribution in [0, 0.1) is 0 Å². The number of rotatable bonds is 5. The number of ether oxygens (including phenoxy) is 2. The van der Waals surface area contributed by atoms with Gasteiger partial charge in [0, 0.05) is 5.02 Å². The second-order valence-corrected chi connectivity index (χ2v) is 4.55. The van der Waals surface area contributed by atoms with Crippen LogP contribution in [-0.2, 0) is 0 Å². The molecule has 2 rings (SSSR count). The van der Waals surface area contributed by atoms with E-state index in [4.69, 9.17) is 21.1 Å². The molecular formula is C14H15ClN4O3. The van der Waals surface area contributed by atoms with Crippen LogP contribution in [0.15, 0.2) is 30.6 Å². The summed E-state index contributed by atoms with van der Waals surface area (Å²) in [6.45, 7) is 2.31. The Bertz CT molecular complexity index is 649. The van der Waals surface area contributed by atoms with E-state index < -0.39 is 6.03 Å². The Hall–Kier alpha value is -2.54. The van der Waals surface area contributed by atoms with E-state index in [9.17, 15) is 4.79 Å². The number of urea groups is 1. The van der Waals surface area contributed by atoms with Crippen LogP contribution in [0.4, 0.5) is 16.2 Å². The predicted octanol–water partition coefficient (Wildman–Crippen LogP) is 3.18. The minimum atomic E-state index is -0.465. The fourth-order valence-corrected chi connectivity index (χ4v) is 1.82. The zero-order chi connectivity index (χ0) is 15.9. The van der Waals surface area contributed by atoms with Crippen molar-refractivity contribution in [3.8, 4) is 11.8 Å². The molecule has 0 bridgehead atoms. The number of carbonyl (C=O) groups is 1. The molecule has 2 N–H and O–H groups in total. The quantitative estimate of drug-likeness (QED) is 0.883. The molecule has 0 aliphatic rings. The molecule has 116 valence electrons. The first-order chi connectivity index (χ1) is 10.6.